The normalized spacial score (nSPS) is 10.4. The Kier molecular flexibility index (Phi) is 3.21. The van der Waals surface area contributed by atoms with Gasteiger partial charge in [-0.15, -0.1) is 22.9 Å². The molecule has 2 rings (SSSR count). The van der Waals surface area contributed by atoms with E-state index in [-0.39, 0.29) is 0 Å². The van der Waals surface area contributed by atoms with Crippen molar-refractivity contribution >= 4 is 38.9 Å². The standard InChI is InChI=1S/C10H7BrClNS/c11-8-4-2-1-3-7(8)9-6-14-10(5-12)13-9/h1-4,6H,5H2. The molecule has 1 aromatic heterocycles. The summed E-state index contributed by atoms with van der Waals surface area (Å²) in [4.78, 5) is 4.42. The summed E-state index contributed by atoms with van der Waals surface area (Å²) in [7, 11) is 0. The van der Waals surface area contributed by atoms with Gasteiger partial charge in [0.2, 0.25) is 0 Å². The number of aromatic nitrogens is 1. The van der Waals surface area contributed by atoms with Crippen molar-refractivity contribution in [3.8, 4) is 11.3 Å². The molecule has 0 unspecified atom stereocenters. The minimum Gasteiger partial charge on any atom is -0.240 e. The average Bonchev–Trinajstić information content (AvgIpc) is 2.67. The number of thiazole rings is 1. The zero-order valence-corrected chi connectivity index (χ0v) is 10.4. The first-order valence-corrected chi connectivity index (χ1v) is 6.27. The molecular weight excluding hydrogens is 282 g/mol. The molecule has 1 nitrogen and oxygen atoms in total. The van der Waals surface area contributed by atoms with E-state index in [4.69, 9.17) is 11.6 Å². The summed E-state index contributed by atoms with van der Waals surface area (Å²) >= 11 is 10.8. The molecule has 0 spiro atoms. The first-order chi connectivity index (χ1) is 6.81. The molecule has 0 aliphatic rings. The van der Waals surface area contributed by atoms with E-state index in [1.165, 1.54) is 0 Å². The topological polar surface area (TPSA) is 12.9 Å². The maximum absolute atomic E-state index is 5.70. The molecule has 0 amide bonds. The van der Waals surface area contributed by atoms with Crippen molar-refractivity contribution in [3.05, 3.63) is 39.1 Å². The van der Waals surface area contributed by atoms with E-state index in [0.717, 1.165) is 20.7 Å². The van der Waals surface area contributed by atoms with Gasteiger partial charge in [-0.1, -0.05) is 34.1 Å². The largest absolute Gasteiger partial charge is 0.240 e. The van der Waals surface area contributed by atoms with Crippen LogP contribution in [-0.4, -0.2) is 4.98 Å². The Morgan fingerprint density at radius 2 is 2.14 bits per heavy atom. The molecule has 0 aliphatic carbocycles. The van der Waals surface area contributed by atoms with E-state index in [9.17, 15) is 0 Å². The Morgan fingerprint density at radius 1 is 1.36 bits per heavy atom. The van der Waals surface area contributed by atoms with Gasteiger partial charge in [-0.2, -0.15) is 0 Å². The lowest BCUT2D eigenvalue weighted by Crippen LogP contribution is -1.80. The van der Waals surface area contributed by atoms with Crippen LogP contribution in [-0.2, 0) is 5.88 Å². The van der Waals surface area contributed by atoms with E-state index >= 15 is 0 Å². The molecule has 14 heavy (non-hydrogen) atoms. The molecule has 0 bridgehead atoms. The van der Waals surface area contributed by atoms with Crippen molar-refractivity contribution in [2.24, 2.45) is 0 Å². The van der Waals surface area contributed by atoms with E-state index in [1.54, 1.807) is 11.3 Å². The van der Waals surface area contributed by atoms with Crippen molar-refractivity contribution < 1.29 is 0 Å². The second-order valence-electron chi connectivity index (χ2n) is 2.74. The Morgan fingerprint density at radius 3 is 2.79 bits per heavy atom. The van der Waals surface area contributed by atoms with Crippen LogP contribution in [0.15, 0.2) is 34.1 Å². The van der Waals surface area contributed by atoms with Crippen molar-refractivity contribution in [2.75, 3.05) is 0 Å². The molecule has 0 saturated heterocycles. The Labute approximate surface area is 99.9 Å². The summed E-state index contributed by atoms with van der Waals surface area (Å²) in [5.74, 6) is 0.481. The third kappa shape index (κ3) is 2.00. The molecule has 0 aliphatic heterocycles. The first-order valence-electron chi connectivity index (χ1n) is 4.06. The van der Waals surface area contributed by atoms with Crippen LogP contribution in [0, 0.1) is 0 Å². The minimum atomic E-state index is 0.481. The van der Waals surface area contributed by atoms with Crippen LogP contribution in [0.25, 0.3) is 11.3 Å². The number of hydrogen-bond donors (Lipinski definition) is 0. The molecule has 72 valence electrons. The number of alkyl halides is 1. The van der Waals surface area contributed by atoms with Crippen LogP contribution in [0.3, 0.4) is 0 Å². The lowest BCUT2D eigenvalue weighted by Gasteiger charge is -1.98. The molecule has 0 N–H and O–H groups in total. The van der Waals surface area contributed by atoms with Gasteiger partial charge >= 0.3 is 0 Å². The molecule has 1 heterocycles. The van der Waals surface area contributed by atoms with Crippen LogP contribution in [0.4, 0.5) is 0 Å². The van der Waals surface area contributed by atoms with E-state index in [1.807, 2.05) is 29.6 Å². The fraction of sp³-hybridized carbons (Fsp3) is 0.100. The Bertz CT molecular complexity index is 441. The first kappa shape index (κ1) is 10.1. The van der Waals surface area contributed by atoms with Crippen molar-refractivity contribution in [1.29, 1.82) is 0 Å². The second-order valence-corrected chi connectivity index (χ2v) is 4.80. The molecule has 0 fully saturated rings. The molecular formula is C10H7BrClNS. The molecule has 0 radical (unpaired) electrons. The van der Waals surface area contributed by atoms with Gasteiger partial charge in [-0.25, -0.2) is 4.98 Å². The number of halogens is 2. The molecule has 0 atom stereocenters. The fourth-order valence-corrected chi connectivity index (χ4v) is 2.54. The lowest BCUT2D eigenvalue weighted by molar-refractivity contribution is 1.26. The Hall–Kier alpha value is -0.380. The summed E-state index contributed by atoms with van der Waals surface area (Å²) in [6.45, 7) is 0. The van der Waals surface area contributed by atoms with Gasteiger partial charge in [-0.05, 0) is 6.07 Å². The van der Waals surface area contributed by atoms with Gasteiger partial charge < -0.3 is 0 Å². The molecule has 0 saturated carbocycles. The second kappa shape index (κ2) is 4.43. The van der Waals surface area contributed by atoms with Crippen LogP contribution in [0.1, 0.15) is 5.01 Å². The lowest BCUT2D eigenvalue weighted by atomic mass is 10.2. The number of nitrogens with zero attached hydrogens (tertiary/aromatic N) is 1. The third-order valence-corrected chi connectivity index (χ3v) is 3.77. The Balaban J connectivity index is 2.44. The average molecular weight is 289 g/mol. The summed E-state index contributed by atoms with van der Waals surface area (Å²) < 4.78 is 1.06. The highest BCUT2D eigenvalue weighted by molar-refractivity contribution is 9.10. The third-order valence-electron chi connectivity index (χ3n) is 1.82. The predicted molar refractivity (Wildman–Crippen MR) is 64.8 cm³/mol. The summed E-state index contributed by atoms with van der Waals surface area (Å²) in [5, 5.41) is 2.98. The zero-order chi connectivity index (χ0) is 9.97. The number of rotatable bonds is 2. The highest BCUT2D eigenvalue weighted by Crippen LogP contribution is 2.29. The zero-order valence-electron chi connectivity index (χ0n) is 7.21. The van der Waals surface area contributed by atoms with E-state index in [2.05, 4.69) is 20.9 Å². The predicted octanol–water partition coefficient (Wildman–Crippen LogP) is 4.31. The van der Waals surface area contributed by atoms with E-state index in [0.29, 0.717) is 5.88 Å². The highest BCUT2D eigenvalue weighted by Gasteiger charge is 2.06. The molecule has 1 aromatic carbocycles. The van der Waals surface area contributed by atoms with Gasteiger partial charge in [0.05, 0.1) is 11.6 Å². The number of benzene rings is 1. The smallest absolute Gasteiger partial charge is 0.108 e. The van der Waals surface area contributed by atoms with Crippen molar-refractivity contribution in [3.63, 3.8) is 0 Å². The quantitative estimate of drug-likeness (QED) is 0.750. The molecule has 4 heteroatoms. The van der Waals surface area contributed by atoms with Gasteiger partial charge in [0.15, 0.2) is 0 Å². The van der Waals surface area contributed by atoms with Crippen LogP contribution < -0.4 is 0 Å². The SMILES string of the molecule is ClCc1nc(-c2ccccc2Br)cs1. The van der Waals surface area contributed by atoms with Crippen molar-refractivity contribution in [1.82, 2.24) is 4.98 Å². The highest BCUT2D eigenvalue weighted by atomic mass is 79.9. The molecule has 2 aromatic rings. The minimum absolute atomic E-state index is 0.481. The summed E-state index contributed by atoms with van der Waals surface area (Å²) in [6, 6.07) is 8.04. The van der Waals surface area contributed by atoms with Crippen LogP contribution >= 0.6 is 38.9 Å². The van der Waals surface area contributed by atoms with Crippen LogP contribution in [0.2, 0.25) is 0 Å². The maximum Gasteiger partial charge on any atom is 0.108 e. The van der Waals surface area contributed by atoms with Crippen LogP contribution in [0.5, 0.6) is 0 Å². The van der Waals surface area contributed by atoms with Gasteiger partial charge in [0.25, 0.3) is 0 Å². The van der Waals surface area contributed by atoms with Gasteiger partial charge in [-0.3, -0.25) is 0 Å². The fourth-order valence-electron chi connectivity index (χ4n) is 1.16. The van der Waals surface area contributed by atoms with Gasteiger partial charge in [0, 0.05) is 15.4 Å². The van der Waals surface area contributed by atoms with Crippen molar-refractivity contribution in [2.45, 2.75) is 5.88 Å². The summed E-state index contributed by atoms with van der Waals surface area (Å²) in [6.07, 6.45) is 0. The van der Waals surface area contributed by atoms with Gasteiger partial charge in [0.1, 0.15) is 5.01 Å². The summed E-state index contributed by atoms with van der Waals surface area (Å²) in [5.41, 5.74) is 2.10. The van der Waals surface area contributed by atoms with E-state index < -0.39 is 0 Å². The monoisotopic (exact) mass is 287 g/mol. The maximum atomic E-state index is 5.70. The number of hydrogen-bond acceptors (Lipinski definition) is 2.